The van der Waals surface area contributed by atoms with Gasteiger partial charge in [0.15, 0.2) is 5.76 Å². The van der Waals surface area contributed by atoms with E-state index in [9.17, 15) is 9.59 Å². The van der Waals surface area contributed by atoms with Crippen LogP contribution in [0.5, 0.6) is 5.75 Å². The van der Waals surface area contributed by atoms with E-state index in [-0.39, 0.29) is 19.0 Å². The van der Waals surface area contributed by atoms with Crippen molar-refractivity contribution in [3.8, 4) is 5.75 Å². The zero-order valence-corrected chi connectivity index (χ0v) is 19.1. The van der Waals surface area contributed by atoms with Gasteiger partial charge in [0.25, 0.3) is 5.91 Å². The average molecular weight is 442 g/mol. The molecule has 0 aliphatic rings. The van der Waals surface area contributed by atoms with Crippen molar-refractivity contribution in [3.63, 3.8) is 0 Å². The Morgan fingerprint density at radius 3 is 2.48 bits per heavy atom. The van der Waals surface area contributed by atoms with Crippen LogP contribution >= 0.6 is 11.3 Å². The predicted octanol–water partition coefficient (Wildman–Crippen LogP) is 5.92. The van der Waals surface area contributed by atoms with Crippen LogP contribution in [0.3, 0.4) is 0 Å². The van der Waals surface area contributed by atoms with Gasteiger partial charge >= 0.3 is 5.97 Å². The van der Waals surface area contributed by atoms with E-state index in [4.69, 9.17) is 13.9 Å². The smallest absolute Gasteiger partial charge is 0.341 e. The Morgan fingerprint density at radius 2 is 1.81 bits per heavy atom. The summed E-state index contributed by atoms with van der Waals surface area (Å²) in [6, 6.07) is 11.3. The number of amides is 1. The number of aryl methyl sites for hydroxylation is 2. The number of esters is 1. The molecule has 164 valence electrons. The molecule has 2 aromatic heterocycles. The Kier molecular flexibility index (Phi) is 7.52. The molecule has 31 heavy (non-hydrogen) atoms. The number of rotatable bonds is 9. The lowest BCUT2D eigenvalue weighted by atomic mass is 10.1. The Balaban J connectivity index is 1.64. The average Bonchev–Trinajstić information content (AvgIpc) is 3.33. The number of nitrogens with one attached hydrogen (secondary N) is 1. The van der Waals surface area contributed by atoms with Crippen molar-refractivity contribution in [1.29, 1.82) is 0 Å². The van der Waals surface area contributed by atoms with E-state index < -0.39 is 11.9 Å². The van der Waals surface area contributed by atoms with Crippen molar-refractivity contribution < 1.29 is 23.5 Å². The van der Waals surface area contributed by atoms with Crippen LogP contribution in [0, 0.1) is 13.8 Å². The number of hydrogen-bond acceptors (Lipinski definition) is 6. The van der Waals surface area contributed by atoms with Gasteiger partial charge in [-0.3, -0.25) is 4.79 Å². The molecular formula is C24H27NO5S. The number of ether oxygens (including phenoxy) is 2. The molecule has 0 bridgehead atoms. The third-order valence-corrected chi connectivity index (χ3v) is 5.94. The fourth-order valence-corrected chi connectivity index (χ4v) is 4.15. The Morgan fingerprint density at radius 1 is 1.06 bits per heavy atom. The molecule has 0 fully saturated rings. The van der Waals surface area contributed by atoms with E-state index in [0.29, 0.717) is 16.3 Å². The molecule has 0 saturated heterocycles. The summed E-state index contributed by atoms with van der Waals surface area (Å²) in [5, 5.41) is 3.24. The van der Waals surface area contributed by atoms with Crippen molar-refractivity contribution in [2.45, 2.75) is 47.1 Å². The molecule has 0 saturated carbocycles. The van der Waals surface area contributed by atoms with Gasteiger partial charge in [0.1, 0.15) is 23.1 Å². The molecule has 0 aliphatic heterocycles. The van der Waals surface area contributed by atoms with Crippen LogP contribution in [0.1, 0.15) is 62.9 Å². The molecule has 1 N–H and O–H groups in total. The van der Waals surface area contributed by atoms with Gasteiger partial charge in [-0.15, -0.1) is 11.3 Å². The van der Waals surface area contributed by atoms with E-state index in [1.54, 1.807) is 19.1 Å². The number of hydrogen-bond donors (Lipinski definition) is 1. The summed E-state index contributed by atoms with van der Waals surface area (Å²) >= 11 is 1.34. The van der Waals surface area contributed by atoms with Crippen molar-refractivity contribution in [2.24, 2.45) is 0 Å². The van der Waals surface area contributed by atoms with Crippen LogP contribution in [0.15, 0.2) is 40.8 Å². The molecule has 2 heterocycles. The summed E-state index contributed by atoms with van der Waals surface area (Å²) in [5.74, 6) is 0.549. The number of furan rings is 1. The molecule has 3 rings (SSSR count). The van der Waals surface area contributed by atoms with Crippen LogP contribution in [-0.4, -0.2) is 18.5 Å². The standard InChI is InChI=1S/C24H27NO5S/c1-5-7-17-8-10-18(11-9-17)29-14-19-12-13-20(30-19)22(26)25-23-21(24(27)28-6-2)15(3)16(4)31-23/h8-13H,5-7,14H2,1-4H3,(H,25,26). The molecule has 0 atom stereocenters. The highest BCUT2D eigenvalue weighted by Crippen LogP contribution is 2.33. The second-order valence-corrected chi connectivity index (χ2v) is 8.34. The molecule has 0 aliphatic carbocycles. The number of carbonyl (C=O) groups excluding carboxylic acids is 2. The molecule has 0 radical (unpaired) electrons. The van der Waals surface area contributed by atoms with E-state index in [0.717, 1.165) is 29.0 Å². The van der Waals surface area contributed by atoms with Gasteiger partial charge in [0.2, 0.25) is 0 Å². The fraction of sp³-hybridized carbons (Fsp3) is 0.333. The maximum Gasteiger partial charge on any atom is 0.341 e. The zero-order valence-electron chi connectivity index (χ0n) is 18.2. The molecule has 0 unspecified atom stereocenters. The van der Waals surface area contributed by atoms with E-state index in [1.807, 2.05) is 38.1 Å². The summed E-state index contributed by atoms with van der Waals surface area (Å²) in [4.78, 5) is 25.9. The molecule has 7 heteroatoms. The summed E-state index contributed by atoms with van der Waals surface area (Å²) in [7, 11) is 0. The van der Waals surface area contributed by atoms with Gasteiger partial charge < -0.3 is 19.2 Å². The van der Waals surface area contributed by atoms with E-state index >= 15 is 0 Å². The van der Waals surface area contributed by atoms with Gasteiger partial charge in [-0.05, 0) is 62.6 Å². The second kappa shape index (κ2) is 10.3. The van der Waals surface area contributed by atoms with Gasteiger partial charge in [-0.2, -0.15) is 0 Å². The zero-order chi connectivity index (χ0) is 22.4. The van der Waals surface area contributed by atoms with E-state index in [1.165, 1.54) is 16.9 Å². The molecule has 0 spiro atoms. The SMILES string of the molecule is CCCc1ccc(OCc2ccc(C(=O)Nc3sc(C)c(C)c3C(=O)OCC)o2)cc1. The van der Waals surface area contributed by atoms with Crippen molar-refractivity contribution in [3.05, 3.63) is 69.5 Å². The summed E-state index contributed by atoms with van der Waals surface area (Å²) < 4.78 is 16.5. The number of carbonyl (C=O) groups is 2. The lowest BCUT2D eigenvalue weighted by Gasteiger charge is -2.06. The lowest BCUT2D eigenvalue weighted by Crippen LogP contribution is -2.14. The van der Waals surface area contributed by atoms with Crippen LogP contribution in [-0.2, 0) is 17.8 Å². The highest BCUT2D eigenvalue weighted by molar-refractivity contribution is 7.16. The number of benzene rings is 1. The minimum atomic E-state index is -0.446. The van der Waals surface area contributed by atoms with E-state index in [2.05, 4.69) is 12.2 Å². The van der Waals surface area contributed by atoms with Gasteiger partial charge in [0.05, 0.1) is 12.2 Å². The maximum atomic E-state index is 12.7. The Labute approximate surface area is 186 Å². The fourth-order valence-electron chi connectivity index (χ4n) is 3.10. The number of thiophene rings is 1. The van der Waals surface area contributed by atoms with Crippen molar-refractivity contribution in [2.75, 3.05) is 11.9 Å². The van der Waals surface area contributed by atoms with Crippen LogP contribution in [0.25, 0.3) is 0 Å². The first kappa shape index (κ1) is 22.6. The summed E-state index contributed by atoms with van der Waals surface area (Å²) in [6.45, 7) is 8.11. The minimum Gasteiger partial charge on any atom is -0.486 e. The van der Waals surface area contributed by atoms with Gasteiger partial charge in [-0.1, -0.05) is 25.5 Å². The van der Waals surface area contributed by atoms with Crippen LogP contribution in [0.4, 0.5) is 5.00 Å². The van der Waals surface area contributed by atoms with Crippen LogP contribution < -0.4 is 10.1 Å². The lowest BCUT2D eigenvalue weighted by molar-refractivity contribution is 0.0527. The monoisotopic (exact) mass is 441 g/mol. The molecule has 1 amide bonds. The summed E-state index contributed by atoms with van der Waals surface area (Å²) in [5.41, 5.74) is 2.46. The maximum absolute atomic E-state index is 12.7. The largest absolute Gasteiger partial charge is 0.486 e. The second-order valence-electron chi connectivity index (χ2n) is 7.11. The highest BCUT2D eigenvalue weighted by atomic mass is 32.1. The third-order valence-electron chi connectivity index (χ3n) is 4.82. The molecule has 6 nitrogen and oxygen atoms in total. The Bertz CT molecular complexity index is 1050. The quantitative estimate of drug-likeness (QED) is 0.417. The van der Waals surface area contributed by atoms with Gasteiger partial charge in [-0.25, -0.2) is 4.79 Å². The van der Waals surface area contributed by atoms with Crippen molar-refractivity contribution >= 4 is 28.2 Å². The topological polar surface area (TPSA) is 77.8 Å². The normalized spacial score (nSPS) is 10.7. The minimum absolute atomic E-state index is 0.149. The van der Waals surface area contributed by atoms with Crippen LogP contribution in [0.2, 0.25) is 0 Å². The summed E-state index contributed by atoms with van der Waals surface area (Å²) in [6.07, 6.45) is 2.14. The Hall–Kier alpha value is -3.06. The molecule has 3 aromatic rings. The first-order valence-corrected chi connectivity index (χ1v) is 11.1. The number of anilines is 1. The molecular weight excluding hydrogens is 414 g/mol. The highest BCUT2D eigenvalue weighted by Gasteiger charge is 2.23. The first-order chi connectivity index (χ1) is 14.9. The predicted molar refractivity (Wildman–Crippen MR) is 121 cm³/mol. The van der Waals surface area contributed by atoms with Gasteiger partial charge in [0, 0.05) is 4.88 Å². The molecule has 1 aromatic carbocycles. The first-order valence-electron chi connectivity index (χ1n) is 10.3. The third kappa shape index (κ3) is 5.55. The van der Waals surface area contributed by atoms with Crippen molar-refractivity contribution in [1.82, 2.24) is 0 Å².